The molecule has 1 heterocycles. The number of carbonyl (C=O) groups excluding carboxylic acids is 1. The van der Waals surface area contributed by atoms with E-state index >= 15 is 0 Å². The molecule has 5 heteroatoms. The van der Waals surface area contributed by atoms with Crippen LogP contribution in [0.3, 0.4) is 0 Å². The van der Waals surface area contributed by atoms with Crippen LogP contribution in [0.5, 0.6) is 0 Å². The highest BCUT2D eigenvalue weighted by Crippen LogP contribution is 2.23. The van der Waals surface area contributed by atoms with Gasteiger partial charge in [-0.25, -0.2) is 0 Å². The molecule has 0 aromatic rings. The summed E-state index contributed by atoms with van der Waals surface area (Å²) in [5.74, 6) is -0.228. The first-order valence-electron chi connectivity index (χ1n) is 7.98. The maximum Gasteiger partial charge on any atom is 0.238 e. The third kappa shape index (κ3) is 3.93. The highest BCUT2D eigenvalue weighted by molar-refractivity contribution is 5.84. The molecule has 2 unspecified atom stereocenters. The van der Waals surface area contributed by atoms with Crippen LogP contribution in [0.25, 0.3) is 0 Å². The van der Waals surface area contributed by atoms with Crippen molar-refractivity contribution < 1.29 is 4.79 Å². The van der Waals surface area contributed by atoms with Crippen molar-refractivity contribution >= 4 is 5.91 Å². The lowest BCUT2D eigenvalue weighted by atomic mass is 9.99. The van der Waals surface area contributed by atoms with Crippen LogP contribution in [0.4, 0.5) is 0 Å². The molecule has 20 heavy (non-hydrogen) atoms. The second kappa shape index (κ2) is 6.41. The van der Waals surface area contributed by atoms with Gasteiger partial charge in [0.15, 0.2) is 0 Å². The number of piperazine rings is 1. The molecule has 1 saturated carbocycles. The minimum absolute atomic E-state index is 0.228. The normalized spacial score (nSPS) is 26.1. The largest absolute Gasteiger partial charge is 0.368 e. The van der Waals surface area contributed by atoms with Gasteiger partial charge in [0.1, 0.15) is 5.54 Å². The molecule has 2 aliphatic rings. The fourth-order valence-corrected chi connectivity index (χ4v) is 2.94. The smallest absolute Gasteiger partial charge is 0.238 e. The second-order valence-electron chi connectivity index (χ2n) is 6.68. The number of rotatable bonds is 7. The lowest BCUT2D eigenvalue weighted by Gasteiger charge is -2.41. The van der Waals surface area contributed by atoms with E-state index in [1.807, 2.05) is 6.92 Å². The molecular formula is C15H30N4O. The van der Waals surface area contributed by atoms with E-state index < -0.39 is 5.54 Å². The molecule has 5 nitrogen and oxygen atoms in total. The van der Waals surface area contributed by atoms with Crippen molar-refractivity contribution in [2.24, 2.45) is 5.73 Å². The number of nitrogens with one attached hydrogen (secondary N) is 1. The third-order valence-electron chi connectivity index (χ3n) is 4.80. The SMILES string of the molecule is CCC(C)N1CCN(CC(C)(NC2CC2)C(N)=O)CC1. The van der Waals surface area contributed by atoms with Gasteiger partial charge in [0, 0.05) is 44.8 Å². The van der Waals surface area contributed by atoms with Crippen molar-refractivity contribution in [1.82, 2.24) is 15.1 Å². The number of nitrogens with zero attached hydrogens (tertiary/aromatic N) is 2. The van der Waals surface area contributed by atoms with Crippen molar-refractivity contribution in [3.8, 4) is 0 Å². The second-order valence-corrected chi connectivity index (χ2v) is 6.68. The van der Waals surface area contributed by atoms with E-state index in [1.54, 1.807) is 0 Å². The van der Waals surface area contributed by atoms with Gasteiger partial charge in [0.25, 0.3) is 0 Å². The summed E-state index contributed by atoms with van der Waals surface area (Å²) >= 11 is 0. The van der Waals surface area contributed by atoms with Gasteiger partial charge in [-0.05, 0) is 33.1 Å². The van der Waals surface area contributed by atoms with Crippen LogP contribution in [0.1, 0.15) is 40.0 Å². The molecular weight excluding hydrogens is 252 g/mol. The molecule has 2 fully saturated rings. The van der Waals surface area contributed by atoms with Gasteiger partial charge >= 0.3 is 0 Å². The topological polar surface area (TPSA) is 61.6 Å². The summed E-state index contributed by atoms with van der Waals surface area (Å²) in [6.45, 7) is 11.4. The zero-order valence-electron chi connectivity index (χ0n) is 13.2. The summed E-state index contributed by atoms with van der Waals surface area (Å²) in [7, 11) is 0. The van der Waals surface area contributed by atoms with E-state index in [0.29, 0.717) is 12.1 Å². The molecule has 0 spiro atoms. The van der Waals surface area contributed by atoms with Gasteiger partial charge in [-0.2, -0.15) is 0 Å². The van der Waals surface area contributed by atoms with E-state index in [4.69, 9.17) is 5.73 Å². The summed E-state index contributed by atoms with van der Waals surface area (Å²) in [6.07, 6.45) is 3.54. The highest BCUT2D eigenvalue weighted by atomic mass is 16.1. The summed E-state index contributed by atoms with van der Waals surface area (Å²) in [5, 5.41) is 3.43. The van der Waals surface area contributed by atoms with Gasteiger partial charge in [-0.3, -0.25) is 19.9 Å². The molecule has 2 rings (SSSR count). The Labute approximate surface area is 122 Å². The standard InChI is InChI=1S/C15H30N4O/c1-4-12(2)19-9-7-18(8-10-19)11-15(3,14(16)20)17-13-5-6-13/h12-13,17H,4-11H2,1-3H3,(H2,16,20). The van der Waals surface area contributed by atoms with Crippen LogP contribution >= 0.6 is 0 Å². The van der Waals surface area contributed by atoms with Crippen LogP contribution in [-0.2, 0) is 4.79 Å². The molecule has 1 aliphatic carbocycles. The fourth-order valence-electron chi connectivity index (χ4n) is 2.94. The quantitative estimate of drug-likeness (QED) is 0.709. The fraction of sp³-hybridized carbons (Fsp3) is 0.933. The van der Waals surface area contributed by atoms with E-state index in [9.17, 15) is 4.79 Å². The molecule has 116 valence electrons. The Balaban J connectivity index is 1.84. The van der Waals surface area contributed by atoms with Crippen molar-refractivity contribution in [3.63, 3.8) is 0 Å². The first-order chi connectivity index (χ1) is 9.44. The van der Waals surface area contributed by atoms with Gasteiger partial charge < -0.3 is 5.73 Å². The Bertz CT molecular complexity index is 337. The van der Waals surface area contributed by atoms with E-state index in [1.165, 1.54) is 19.3 Å². The Morgan fingerprint density at radius 2 is 1.95 bits per heavy atom. The maximum atomic E-state index is 11.8. The van der Waals surface area contributed by atoms with Gasteiger partial charge in [-0.1, -0.05) is 6.92 Å². The van der Waals surface area contributed by atoms with Crippen LogP contribution in [-0.4, -0.2) is 66.1 Å². The predicted molar refractivity (Wildman–Crippen MR) is 81.5 cm³/mol. The van der Waals surface area contributed by atoms with E-state index in [2.05, 4.69) is 29.0 Å². The van der Waals surface area contributed by atoms with Crippen LogP contribution in [0, 0.1) is 0 Å². The molecule has 0 radical (unpaired) electrons. The monoisotopic (exact) mass is 282 g/mol. The number of nitrogens with two attached hydrogens (primary N) is 1. The molecule has 0 bridgehead atoms. The first kappa shape index (κ1) is 15.7. The number of hydrogen-bond donors (Lipinski definition) is 2. The summed E-state index contributed by atoms with van der Waals surface area (Å²) in [4.78, 5) is 16.7. The van der Waals surface area contributed by atoms with Gasteiger partial charge in [0.2, 0.25) is 5.91 Å². The summed E-state index contributed by atoms with van der Waals surface area (Å²) in [6, 6.07) is 1.15. The predicted octanol–water partition coefficient (Wildman–Crippen LogP) is 0.399. The number of amides is 1. The average Bonchev–Trinajstić information content (AvgIpc) is 3.22. The maximum absolute atomic E-state index is 11.8. The van der Waals surface area contributed by atoms with Crippen LogP contribution < -0.4 is 11.1 Å². The minimum atomic E-state index is -0.584. The van der Waals surface area contributed by atoms with Crippen molar-refractivity contribution in [3.05, 3.63) is 0 Å². The summed E-state index contributed by atoms with van der Waals surface area (Å²) in [5.41, 5.74) is 5.04. The van der Waals surface area contributed by atoms with Crippen molar-refractivity contribution in [2.45, 2.75) is 57.7 Å². The van der Waals surface area contributed by atoms with Crippen LogP contribution in [0.2, 0.25) is 0 Å². The Morgan fingerprint density at radius 3 is 2.40 bits per heavy atom. The van der Waals surface area contributed by atoms with Crippen molar-refractivity contribution in [1.29, 1.82) is 0 Å². The number of hydrogen-bond acceptors (Lipinski definition) is 4. The molecule has 1 saturated heterocycles. The van der Waals surface area contributed by atoms with Crippen LogP contribution in [0.15, 0.2) is 0 Å². The van der Waals surface area contributed by atoms with E-state index in [-0.39, 0.29) is 5.91 Å². The molecule has 1 aliphatic heterocycles. The molecule has 0 aromatic heterocycles. The van der Waals surface area contributed by atoms with Gasteiger partial charge in [-0.15, -0.1) is 0 Å². The Hall–Kier alpha value is -0.650. The first-order valence-corrected chi connectivity index (χ1v) is 7.98. The summed E-state index contributed by atoms with van der Waals surface area (Å²) < 4.78 is 0. The molecule has 1 amide bonds. The number of primary amides is 1. The lowest BCUT2D eigenvalue weighted by molar-refractivity contribution is -0.125. The van der Waals surface area contributed by atoms with Crippen molar-refractivity contribution in [2.75, 3.05) is 32.7 Å². The third-order valence-corrected chi connectivity index (χ3v) is 4.80. The Kier molecular flexibility index (Phi) is 5.04. The lowest BCUT2D eigenvalue weighted by Crippen LogP contribution is -2.62. The average molecular weight is 282 g/mol. The highest BCUT2D eigenvalue weighted by Gasteiger charge is 2.38. The Morgan fingerprint density at radius 1 is 1.35 bits per heavy atom. The van der Waals surface area contributed by atoms with E-state index in [0.717, 1.165) is 32.7 Å². The molecule has 3 N–H and O–H groups in total. The minimum Gasteiger partial charge on any atom is -0.368 e. The molecule has 2 atom stereocenters. The molecule has 0 aromatic carbocycles. The zero-order valence-corrected chi connectivity index (χ0v) is 13.2. The van der Waals surface area contributed by atoms with Gasteiger partial charge in [0.05, 0.1) is 0 Å². The zero-order chi connectivity index (χ0) is 14.8. The number of carbonyl (C=O) groups is 1.